The number of nitrogens with one attached hydrogen (secondary N) is 1. The van der Waals surface area contributed by atoms with Gasteiger partial charge in [-0.2, -0.15) is 5.10 Å². The van der Waals surface area contributed by atoms with Crippen LogP contribution in [0.1, 0.15) is 30.2 Å². The summed E-state index contributed by atoms with van der Waals surface area (Å²) in [6, 6.07) is 4.32. The Morgan fingerprint density at radius 1 is 1.53 bits per heavy atom. The Morgan fingerprint density at radius 3 is 2.88 bits per heavy atom. The Labute approximate surface area is 103 Å². The SMILES string of the molecule is CC(N)c1n[nH]c(Cc2c(F)cccc2Cl)n1. The van der Waals surface area contributed by atoms with Gasteiger partial charge < -0.3 is 5.73 Å². The molecule has 3 N–H and O–H groups in total. The van der Waals surface area contributed by atoms with Crippen molar-refractivity contribution in [2.75, 3.05) is 0 Å². The fourth-order valence-corrected chi connectivity index (χ4v) is 1.69. The van der Waals surface area contributed by atoms with Crippen LogP contribution < -0.4 is 5.73 Å². The van der Waals surface area contributed by atoms with Crippen molar-refractivity contribution >= 4 is 11.6 Å². The number of aromatic amines is 1. The van der Waals surface area contributed by atoms with Crippen LogP contribution in [-0.2, 0) is 6.42 Å². The van der Waals surface area contributed by atoms with Gasteiger partial charge in [0.2, 0.25) is 0 Å². The number of aromatic nitrogens is 3. The van der Waals surface area contributed by atoms with E-state index < -0.39 is 0 Å². The first-order chi connectivity index (χ1) is 8.08. The fraction of sp³-hybridized carbons (Fsp3) is 0.273. The molecule has 1 atom stereocenters. The highest BCUT2D eigenvalue weighted by Gasteiger charge is 2.12. The Morgan fingerprint density at radius 2 is 2.29 bits per heavy atom. The van der Waals surface area contributed by atoms with Crippen molar-refractivity contribution in [1.29, 1.82) is 0 Å². The number of benzene rings is 1. The molecule has 0 aliphatic carbocycles. The normalized spacial score (nSPS) is 12.7. The van der Waals surface area contributed by atoms with Gasteiger partial charge in [0.25, 0.3) is 0 Å². The molecular formula is C11H12ClFN4. The molecule has 90 valence electrons. The van der Waals surface area contributed by atoms with Crippen LogP contribution in [0, 0.1) is 5.82 Å². The van der Waals surface area contributed by atoms with Crippen molar-refractivity contribution in [2.45, 2.75) is 19.4 Å². The van der Waals surface area contributed by atoms with E-state index in [4.69, 9.17) is 17.3 Å². The summed E-state index contributed by atoms with van der Waals surface area (Å²) in [6.45, 7) is 1.78. The van der Waals surface area contributed by atoms with Gasteiger partial charge >= 0.3 is 0 Å². The third kappa shape index (κ3) is 2.62. The minimum absolute atomic E-state index is 0.254. The number of rotatable bonds is 3. The lowest BCUT2D eigenvalue weighted by Gasteiger charge is -2.02. The van der Waals surface area contributed by atoms with Gasteiger partial charge in [-0.05, 0) is 19.1 Å². The van der Waals surface area contributed by atoms with Gasteiger partial charge in [0.05, 0.1) is 6.04 Å². The van der Waals surface area contributed by atoms with E-state index in [9.17, 15) is 4.39 Å². The predicted octanol–water partition coefficient (Wildman–Crippen LogP) is 2.21. The second-order valence-corrected chi connectivity index (χ2v) is 4.21. The van der Waals surface area contributed by atoms with Crippen LogP contribution in [0.2, 0.25) is 5.02 Å². The summed E-state index contributed by atoms with van der Waals surface area (Å²) < 4.78 is 13.5. The molecule has 4 nitrogen and oxygen atoms in total. The molecule has 0 fully saturated rings. The van der Waals surface area contributed by atoms with Gasteiger partial charge in [0.15, 0.2) is 5.82 Å². The number of hydrogen-bond donors (Lipinski definition) is 2. The standard InChI is InChI=1S/C11H12ClFN4/c1-6(14)11-15-10(16-17-11)5-7-8(12)3-2-4-9(7)13/h2-4,6H,5,14H2,1H3,(H,15,16,17). The lowest BCUT2D eigenvalue weighted by atomic mass is 10.1. The molecule has 0 saturated carbocycles. The van der Waals surface area contributed by atoms with Crippen LogP contribution in [0.25, 0.3) is 0 Å². The molecule has 2 rings (SSSR count). The van der Waals surface area contributed by atoms with E-state index in [-0.39, 0.29) is 18.3 Å². The van der Waals surface area contributed by atoms with E-state index in [2.05, 4.69) is 15.2 Å². The highest BCUT2D eigenvalue weighted by Crippen LogP contribution is 2.21. The minimum atomic E-state index is -0.351. The van der Waals surface area contributed by atoms with Crippen LogP contribution in [0.5, 0.6) is 0 Å². The summed E-state index contributed by atoms with van der Waals surface area (Å²) in [4.78, 5) is 4.17. The summed E-state index contributed by atoms with van der Waals surface area (Å²) in [5, 5.41) is 7.05. The molecule has 17 heavy (non-hydrogen) atoms. The number of hydrogen-bond acceptors (Lipinski definition) is 3. The first-order valence-corrected chi connectivity index (χ1v) is 5.55. The molecule has 0 amide bonds. The van der Waals surface area contributed by atoms with Crippen molar-refractivity contribution in [1.82, 2.24) is 15.2 Å². The highest BCUT2D eigenvalue weighted by atomic mass is 35.5. The molecule has 0 spiro atoms. The second-order valence-electron chi connectivity index (χ2n) is 3.81. The Bertz CT molecular complexity index is 504. The van der Waals surface area contributed by atoms with Crippen molar-refractivity contribution < 1.29 is 4.39 Å². The van der Waals surface area contributed by atoms with Crippen molar-refractivity contribution in [3.8, 4) is 0 Å². The van der Waals surface area contributed by atoms with Crippen LogP contribution >= 0.6 is 11.6 Å². The highest BCUT2D eigenvalue weighted by molar-refractivity contribution is 6.31. The average molecular weight is 255 g/mol. The monoisotopic (exact) mass is 254 g/mol. The number of H-pyrrole nitrogens is 1. The number of nitrogens with zero attached hydrogens (tertiary/aromatic N) is 2. The lowest BCUT2D eigenvalue weighted by molar-refractivity contribution is 0.612. The molecule has 6 heteroatoms. The predicted molar refractivity (Wildman–Crippen MR) is 63.2 cm³/mol. The van der Waals surface area contributed by atoms with Crippen molar-refractivity contribution in [3.63, 3.8) is 0 Å². The lowest BCUT2D eigenvalue weighted by Crippen LogP contribution is -2.07. The van der Waals surface area contributed by atoms with Gasteiger partial charge in [-0.25, -0.2) is 9.37 Å². The Hall–Kier alpha value is -1.46. The molecule has 1 aromatic heterocycles. The van der Waals surface area contributed by atoms with Crippen LogP contribution in [0.4, 0.5) is 4.39 Å². The zero-order chi connectivity index (χ0) is 12.4. The van der Waals surface area contributed by atoms with Crippen LogP contribution in [0.3, 0.4) is 0 Å². The molecule has 1 heterocycles. The van der Waals surface area contributed by atoms with E-state index in [1.165, 1.54) is 6.07 Å². The van der Waals surface area contributed by atoms with Crippen LogP contribution in [-0.4, -0.2) is 15.2 Å². The van der Waals surface area contributed by atoms with Crippen LogP contribution in [0.15, 0.2) is 18.2 Å². The van der Waals surface area contributed by atoms with E-state index in [0.717, 1.165) is 0 Å². The summed E-state index contributed by atoms with van der Waals surface area (Å²) in [7, 11) is 0. The molecule has 0 aliphatic heterocycles. The molecule has 2 aromatic rings. The molecule has 0 bridgehead atoms. The van der Waals surface area contributed by atoms with E-state index in [0.29, 0.717) is 22.2 Å². The third-order valence-electron chi connectivity index (χ3n) is 2.36. The van der Waals surface area contributed by atoms with Gasteiger partial charge in [-0.1, -0.05) is 17.7 Å². The Balaban J connectivity index is 2.25. The molecule has 0 aliphatic rings. The molecular weight excluding hydrogens is 243 g/mol. The fourth-order valence-electron chi connectivity index (χ4n) is 1.46. The maximum Gasteiger partial charge on any atom is 0.167 e. The summed E-state index contributed by atoms with van der Waals surface area (Å²) >= 11 is 5.92. The maximum absolute atomic E-state index is 13.5. The summed E-state index contributed by atoms with van der Waals surface area (Å²) in [5.41, 5.74) is 6.04. The summed E-state index contributed by atoms with van der Waals surface area (Å²) in [5.74, 6) is 0.702. The van der Waals surface area contributed by atoms with E-state index >= 15 is 0 Å². The Kier molecular flexibility index (Phi) is 3.40. The average Bonchev–Trinajstić information content (AvgIpc) is 2.72. The minimum Gasteiger partial charge on any atom is -0.321 e. The molecule has 0 saturated heterocycles. The quantitative estimate of drug-likeness (QED) is 0.882. The zero-order valence-electron chi connectivity index (χ0n) is 9.24. The van der Waals surface area contributed by atoms with E-state index in [1.807, 2.05) is 0 Å². The maximum atomic E-state index is 13.5. The third-order valence-corrected chi connectivity index (χ3v) is 2.72. The first-order valence-electron chi connectivity index (χ1n) is 5.17. The smallest absolute Gasteiger partial charge is 0.167 e. The second kappa shape index (κ2) is 4.81. The molecule has 1 unspecified atom stereocenters. The van der Waals surface area contributed by atoms with Gasteiger partial charge in [0.1, 0.15) is 11.6 Å². The number of halogens is 2. The number of nitrogens with two attached hydrogens (primary N) is 1. The first kappa shape index (κ1) is 12.0. The van der Waals surface area contributed by atoms with Gasteiger partial charge in [-0.15, -0.1) is 0 Å². The van der Waals surface area contributed by atoms with Crippen molar-refractivity contribution in [3.05, 3.63) is 46.3 Å². The van der Waals surface area contributed by atoms with Gasteiger partial charge in [-0.3, -0.25) is 5.10 Å². The van der Waals surface area contributed by atoms with Gasteiger partial charge in [0, 0.05) is 17.0 Å². The van der Waals surface area contributed by atoms with Crippen molar-refractivity contribution in [2.24, 2.45) is 5.73 Å². The molecule has 0 radical (unpaired) electrons. The summed E-state index contributed by atoms with van der Waals surface area (Å²) in [6.07, 6.45) is 0.269. The topological polar surface area (TPSA) is 67.6 Å². The molecule has 1 aromatic carbocycles. The van der Waals surface area contributed by atoms with E-state index in [1.54, 1.807) is 19.1 Å². The zero-order valence-corrected chi connectivity index (χ0v) is 10.0. The largest absolute Gasteiger partial charge is 0.321 e.